The van der Waals surface area contributed by atoms with Crippen LogP contribution in [-0.4, -0.2) is 36.0 Å². The molecule has 1 saturated heterocycles. The molecule has 3 heteroatoms. The lowest BCUT2D eigenvalue weighted by Gasteiger charge is -2.35. The van der Waals surface area contributed by atoms with E-state index in [9.17, 15) is 4.79 Å². The predicted molar refractivity (Wildman–Crippen MR) is 71.9 cm³/mol. The van der Waals surface area contributed by atoms with Gasteiger partial charge in [0.05, 0.1) is 0 Å². The Hall–Kier alpha value is -0.570. The van der Waals surface area contributed by atoms with Crippen LogP contribution in [0.4, 0.5) is 0 Å². The van der Waals surface area contributed by atoms with Crippen LogP contribution in [0, 0.1) is 11.8 Å². The lowest BCUT2D eigenvalue weighted by molar-refractivity contribution is -0.133. The first kappa shape index (κ1) is 14.5. The molecule has 1 aliphatic rings. The molecule has 0 saturated carbocycles. The second-order valence-electron chi connectivity index (χ2n) is 6.67. The summed E-state index contributed by atoms with van der Waals surface area (Å²) in [4.78, 5) is 14.1. The van der Waals surface area contributed by atoms with Gasteiger partial charge in [-0.3, -0.25) is 4.79 Å². The highest BCUT2D eigenvalue weighted by Crippen LogP contribution is 2.21. The minimum absolute atomic E-state index is 0.1000. The third-order valence-corrected chi connectivity index (χ3v) is 3.22. The van der Waals surface area contributed by atoms with Gasteiger partial charge in [0.1, 0.15) is 0 Å². The lowest BCUT2D eigenvalue weighted by Crippen LogP contribution is -2.44. The molecule has 3 nitrogen and oxygen atoms in total. The number of carbonyl (C=O) groups is 1. The molecule has 1 fully saturated rings. The predicted octanol–water partition coefficient (Wildman–Crippen LogP) is 2.27. The molecule has 1 aliphatic heterocycles. The number of nitrogens with one attached hydrogen (secondary N) is 1. The molecular weight excluding hydrogens is 212 g/mol. The van der Waals surface area contributed by atoms with Crippen molar-refractivity contribution in [2.24, 2.45) is 11.8 Å². The Morgan fingerprint density at radius 2 is 1.76 bits per heavy atom. The normalized spacial score (nSPS) is 26.1. The molecule has 2 unspecified atom stereocenters. The third-order valence-electron chi connectivity index (χ3n) is 3.22. The summed E-state index contributed by atoms with van der Waals surface area (Å²) in [6, 6.07) is 0. The van der Waals surface area contributed by atoms with Crippen LogP contribution < -0.4 is 5.32 Å². The molecule has 0 bridgehead atoms. The summed E-state index contributed by atoms with van der Waals surface area (Å²) in [7, 11) is 0. The standard InChI is InChI=1S/C14H28N2O/c1-11-8-12(2)10-16(9-11)13(17)6-7-15-14(3,4)5/h11-12,15H,6-10H2,1-5H3. The van der Waals surface area contributed by atoms with Crippen LogP contribution in [0.2, 0.25) is 0 Å². The zero-order valence-electron chi connectivity index (χ0n) is 12.0. The summed E-state index contributed by atoms with van der Waals surface area (Å²) in [6.07, 6.45) is 1.88. The summed E-state index contributed by atoms with van der Waals surface area (Å²) in [5.41, 5.74) is 0.1000. The summed E-state index contributed by atoms with van der Waals surface area (Å²) in [5, 5.41) is 3.37. The molecule has 1 rings (SSSR count). The molecule has 0 aromatic carbocycles. The largest absolute Gasteiger partial charge is 0.342 e. The van der Waals surface area contributed by atoms with E-state index in [1.165, 1.54) is 6.42 Å². The molecule has 100 valence electrons. The first-order valence-corrected chi connectivity index (χ1v) is 6.80. The summed E-state index contributed by atoms with van der Waals surface area (Å²) >= 11 is 0. The molecule has 17 heavy (non-hydrogen) atoms. The number of rotatable bonds is 3. The Morgan fingerprint density at radius 1 is 1.24 bits per heavy atom. The van der Waals surface area contributed by atoms with Crippen molar-refractivity contribution in [2.45, 2.75) is 53.0 Å². The molecule has 1 amide bonds. The van der Waals surface area contributed by atoms with Crippen LogP contribution in [0.15, 0.2) is 0 Å². The third kappa shape index (κ3) is 5.53. The highest BCUT2D eigenvalue weighted by Gasteiger charge is 2.25. The number of nitrogens with zero attached hydrogens (tertiary/aromatic N) is 1. The molecule has 0 aromatic heterocycles. The molecule has 0 aromatic rings. The number of hydrogen-bond donors (Lipinski definition) is 1. The second-order valence-corrected chi connectivity index (χ2v) is 6.67. The fraction of sp³-hybridized carbons (Fsp3) is 0.929. The number of piperidine rings is 1. The van der Waals surface area contributed by atoms with Gasteiger partial charge in [0.15, 0.2) is 0 Å². The molecule has 1 N–H and O–H groups in total. The molecule has 0 radical (unpaired) electrons. The first-order valence-electron chi connectivity index (χ1n) is 6.80. The van der Waals surface area contributed by atoms with Gasteiger partial charge in [-0.15, -0.1) is 0 Å². The summed E-state index contributed by atoms with van der Waals surface area (Å²) in [6.45, 7) is 13.5. The van der Waals surface area contributed by atoms with E-state index in [1.807, 2.05) is 4.90 Å². The van der Waals surface area contributed by atoms with Gasteiger partial charge in [-0.05, 0) is 39.0 Å². The quantitative estimate of drug-likeness (QED) is 0.821. The SMILES string of the molecule is CC1CC(C)CN(C(=O)CCNC(C)(C)C)C1. The van der Waals surface area contributed by atoms with Crippen molar-refractivity contribution in [3.63, 3.8) is 0 Å². The van der Waals surface area contributed by atoms with Gasteiger partial charge in [-0.1, -0.05) is 13.8 Å². The Bertz CT molecular complexity index is 247. The maximum absolute atomic E-state index is 12.1. The lowest BCUT2D eigenvalue weighted by atomic mass is 9.92. The van der Waals surface area contributed by atoms with Gasteiger partial charge in [0.2, 0.25) is 5.91 Å². The van der Waals surface area contributed by atoms with Gasteiger partial charge in [0, 0.05) is 31.6 Å². The van der Waals surface area contributed by atoms with Crippen molar-refractivity contribution in [3.8, 4) is 0 Å². The van der Waals surface area contributed by atoms with E-state index in [4.69, 9.17) is 0 Å². The Labute approximate surface area is 106 Å². The minimum atomic E-state index is 0.1000. The van der Waals surface area contributed by atoms with Crippen LogP contribution >= 0.6 is 0 Å². The van der Waals surface area contributed by atoms with E-state index in [-0.39, 0.29) is 5.54 Å². The van der Waals surface area contributed by atoms with Gasteiger partial charge < -0.3 is 10.2 Å². The molecule has 1 heterocycles. The monoisotopic (exact) mass is 240 g/mol. The van der Waals surface area contributed by atoms with Crippen molar-refractivity contribution >= 4 is 5.91 Å². The highest BCUT2D eigenvalue weighted by molar-refractivity contribution is 5.76. The molecule has 2 atom stereocenters. The highest BCUT2D eigenvalue weighted by atomic mass is 16.2. The first-order chi connectivity index (χ1) is 7.78. The number of likely N-dealkylation sites (tertiary alicyclic amines) is 1. The van der Waals surface area contributed by atoms with E-state index in [2.05, 4.69) is 39.9 Å². The maximum Gasteiger partial charge on any atom is 0.223 e. The second kappa shape index (κ2) is 5.85. The fourth-order valence-corrected chi connectivity index (χ4v) is 2.57. The molecule has 0 aliphatic carbocycles. The van der Waals surface area contributed by atoms with Crippen LogP contribution in [0.25, 0.3) is 0 Å². The van der Waals surface area contributed by atoms with Crippen molar-refractivity contribution in [3.05, 3.63) is 0 Å². The van der Waals surface area contributed by atoms with Gasteiger partial charge in [-0.25, -0.2) is 0 Å². The van der Waals surface area contributed by atoms with Gasteiger partial charge in [0.25, 0.3) is 0 Å². The van der Waals surface area contributed by atoms with E-state index >= 15 is 0 Å². The Morgan fingerprint density at radius 3 is 2.24 bits per heavy atom. The topological polar surface area (TPSA) is 32.3 Å². The Kier molecular flexibility index (Phi) is 4.99. The van der Waals surface area contributed by atoms with Crippen molar-refractivity contribution < 1.29 is 4.79 Å². The van der Waals surface area contributed by atoms with E-state index in [0.29, 0.717) is 24.2 Å². The van der Waals surface area contributed by atoms with Crippen molar-refractivity contribution in [1.29, 1.82) is 0 Å². The zero-order chi connectivity index (χ0) is 13.1. The zero-order valence-corrected chi connectivity index (χ0v) is 12.0. The number of carbonyl (C=O) groups excluding carboxylic acids is 1. The minimum Gasteiger partial charge on any atom is -0.342 e. The number of amides is 1. The van der Waals surface area contributed by atoms with Crippen molar-refractivity contribution in [1.82, 2.24) is 10.2 Å². The van der Waals surface area contributed by atoms with Gasteiger partial charge in [-0.2, -0.15) is 0 Å². The van der Waals surface area contributed by atoms with E-state index in [0.717, 1.165) is 19.6 Å². The van der Waals surface area contributed by atoms with Crippen LogP contribution in [0.3, 0.4) is 0 Å². The van der Waals surface area contributed by atoms with Crippen LogP contribution in [0.1, 0.15) is 47.5 Å². The average Bonchev–Trinajstić information content (AvgIpc) is 2.13. The summed E-state index contributed by atoms with van der Waals surface area (Å²) in [5.74, 6) is 1.61. The molecular formula is C14H28N2O. The smallest absolute Gasteiger partial charge is 0.223 e. The van der Waals surface area contributed by atoms with Crippen LogP contribution in [-0.2, 0) is 4.79 Å². The van der Waals surface area contributed by atoms with Crippen LogP contribution in [0.5, 0.6) is 0 Å². The summed E-state index contributed by atoms with van der Waals surface area (Å²) < 4.78 is 0. The van der Waals surface area contributed by atoms with Crippen molar-refractivity contribution in [2.75, 3.05) is 19.6 Å². The van der Waals surface area contributed by atoms with Gasteiger partial charge >= 0.3 is 0 Å². The fourth-order valence-electron chi connectivity index (χ4n) is 2.57. The Balaban J connectivity index is 2.32. The maximum atomic E-state index is 12.1. The number of hydrogen-bond acceptors (Lipinski definition) is 2. The molecule has 0 spiro atoms. The van der Waals surface area contributed by atoms with E-state index in [1.54, 1.807) is 0 Å². The van der Waals surface area contributed by atoms with E-state index < -0.39 is 0 Å². The average molecular weight is 240 g/mol.